The molecule has 0 aromatic heterocycles. The molecule has 0 unspecified atom stereocenters. The van der Waals surface area contributed by atoms with Crippen molar-refractivity contribution in [1.29, 1.82) is 0 Å². The van der Waals surface area contributed by atoms with E-state index in [1.807, 2.05) is 0 Å². The summed E-state index contributed by atoms with van der Waals surface area (Å²) in [6.07, 6.45) is 3.58. The van der Waals surface area contributed by atoms with Crippen LogP contribution in [0, 0.1) is 6.92 Å². The first-order valence-electron chi connectivity index (χ1n) is 9.41. The number of hydrogen-bond donors (Lipinski definition) is 1. The molecule has 1 heterocycles. The summed E-state index contributed by atoms with van der Waals surface area (Å²) in [4.78, 5) is 12.5. The van der Waals surface area contributed by atoms with Crippen LogP contribution in [-0.2, 0) is 16.4 Å². The first-order valence-corrected chi connectivity index (χ1v) is 10.8. The number of aryl methyl sites for hydroxylation is 2. The Labute approximate surface area is 161 Å². The van der Waals surface area contributed by atoms with Gasteiger partial charge in [-0.2, -0.15) is 4.31 Å². The highest BCUT2D eigenvalue weighted by molar-refractivity contribution is 7.89. The lowest BCUT2D eigenvalue weighted by Crippen LogP contribution is -2.28. The van der Waals surface area contributed by atoms with E-state index in [0.717, 1.165) is 25.7 Å². The van der Waals surface area contributed by atoms with Crippen LogP contribution in [0.15, 0.2) is 53.4 Å². The van der Waals surface area contributed by atoms with Gasteiger partial charge in [-0.05, 0) is 62.4 Å². The minimum Gasteiger partial charge on any atom is -0.352 e. The molecule has 1 aliphatic heterocycles. The van der Waals surface area contributed by atoms with Crippen molar-refractivity contribution >= 4 is 15.9 Å². The van der Waals surface area contributed by atoms with E-state index < -0.39 is 10.0 Å². The number of hydrogen-bond acceptors (Lipinski definition) is 3. The summed E-state index contributed by atoms with van der Waals surface area (Å²) in [5, 5.41) is 2.90. The summed E-state index contributed by atoms with van der Waals surface area (Å²) in [5.41, 5.74) is 2.97. The first-order chi connectivity index (χ1) is 13.0. The monoisotopic (exact) mass is 386 g/mol. The van der Waals surface area contributed by atoms with Crippen LogP contribution >= 0.6 is 0 Å². The maximum atomic E-state index is 12.5. The number of nitrogens with one attached hydrogen (secondary N) is 1. The largest absolute Gasteiger partial charge is 0.352 e. The number of sulfonamides is 1. The summed E-state index contributed by atoms with van der Waals surface area (Å²) < 4.78 is 26.5. The molecule has 0 aliphatic carbocycles. The Morgan fingerprint density at radius 2 is 1.63 bits per heavy atom. The number of rotatable bonds is 7. The Hall–Kier alpha value is -2.18. The maximum absolute atomic E-state index is 12.5. The zero-order valence-corrected chi connectivity index (χ0v) is 16.5. The fourth-order valence-electron chi connectivity index (χ4n) is 3.21. The van der Waals surface area contributed by atoms with Gasteiger partial charge in [0.1, 0.15) is 0 Å². The van der Waals surface area contributed by atoms with Crippen LogP contribution in [0.1, 0.15) is 40.7 Å². The molecule has 27 heavy (non-hydrogen) atoms. The highest BCUT2D eigenvalue weighted by Crippen LogP contribution is 2.21. The van der Waals surface area contributed by atoms with Crippen LogP contribution in [0.3, 0.4) is 0 Å². The summed E-state index contributed by atoms with van der Waals surface area (Å²) >= 11 is 0. The summed E-state index contributed by atoms with van der Waals surface area (Å²) in [6, 6.07) is 14.6. The molecular formula is C21H26N2O3S. The zero-order chi connectivity index (χ0) is 19.3. The Morgan fingerprint density at radius 3 is 2.26 bits per heavy atom. The molecule has 1 fully saturated rings. The Balaban J connectivity index is 1.50. The van der Waals surface area contributed by atoms with Gasteiger partial charge in [0, 0.05) is 25.2 Å². The quantitative estimate of drug-likeness (QED) is 0.744. The van der Waals surface area contributed by atoms with Crippen LogP contribution in [0.2, 0.25) is 0 Å². The second-order valence-electron chi connectivity index (χ2n) is 6.98. The van der Waals surface area contributed by atoms with Crippen molar-refractivity contribution in [3.05, 3.63) is 65.2 Å². The topological polar surface area (TPSA) is 66.5 Å². The van der Waals surface area contributed by atoms with E-state index in [1.165, 1.54) is 27.6 Å². The molecule has 6 heteroatoms. The zero-order valence-electron chi connectivity index (χ0n) is 15.6. The minimum absolute atomic E-state index is 0.177. The van der Waals surface area contributed by atoms with Gasteiger partial charge in [-0.3, -0.25) is 4.79 Å². The molecule has 0 saturated carbocycles. The van der Waals surface area contributed by atoms with E-state index in [1.54, 1.807) is 12.1 Å². The molecule has 0 atom stereocenters. The molecule has 2 aromatic rings. The molecule has 3 rings (SSSR count). The van der Waals surface area contributed by atoms with Crippen LogP contribution in [0.25, 0.3) is 0 Å². The van der Waals surface area contributed by atoms with Crippen molar-refractivity contribution in [1.82, 2.24) is 9.62 Å². The Kier molecular flexibility index (Phi) is 6.29. The van der Waals surface area contributed by atoms with Gasteiger partial charge in [0.2, 0.25) is 10.0 Å². The first kappa shape index (κ1) is 19.6. The second kappa shape index (κ2) is 8.67. The van der Waals surface area contributed by atoms with Crippen LogP contribution in [0.4, 0.5) is 0 Å². The van der Waals surface area contributed by atoms with Gasteiger partial charge < -0.3 is 5.32 Å². The molecule has 1 amide bonds. The smallest absolute Gasteiger partial charge is 0.251 e. The van der Waals surface area contributed by atoms with E-state index in [-0.39, 0.29) is 10.8 Å². The van der Waals surface area contributed by atoms with E-state index >= 15 is 0 Å². The van der Waals surface area contributed by atoms with E-state index in [9.17, 15) is 13.2 Å². The normalized spacial score (nSPS) is 15.0. The van der Waals surface area contributed by atoms with Gasteiger partial charge >= 0.3 is 0 Å². The van der Waals surface area contributed by atoms with E-state index in [4.69, 9.17) is 0 Å². The lowest BCUT2D eigenvalue weighted by Gasteiger charge is -2.15. The lowest BCUT2D eigenvalue weighted by molar-refractivity contribution is 0.0953. The van der Waals surface area contributed by atoms with Crippen molar-refractivity contribution in [3.63, 3.8) is 0 Å². The molecule has 1 aliphatic rings. The van der Waals surface area contributed by atoms with Crippen molar-refractivity contribution in [2.24, 2.45) is 0 Å². The molecule has 144 valence electrons. The average molecular weight is 387 g/mol. The molecule has 0 bridgehead atoms. The highest BCUT2D eigenvalue weighted by atomic mass is 32.2. The van der Waals surface area contributed by atoms with E-state index in [2.05, 4.69) is 36.5 Å². The van der Waals surface area contributed by atoms with Crippen molar-refractivity contribution in [2.45, 2.75) is 37.5 Å². The van der Waals surface area contributed by atoms with Gasteiger partial charge in [-0.1, -0.05) is 29.8 Å². The van der Waals surface area contributed by atoms with Gasteiger partial charge in [-0.25, -0.2) is 8.42 Å². The van der Waals surface area contributed by atoms with Crippen molar-refractivity contribution in [2.75, 3.05) is 19.6 Å². The summed E-state index contributed by atoms with van der Waals surface area (Å²) in [6.45, 7) is 3.79. The molecule has 0 radical (unpaired) electrons. The van der Waals surface area contributed by atoms with Crippen molar-refractivity contribution < 1.29 is 13.2 Å². The van der Waals surface area contributed by atoms with Gasteiger partial charge in [-0.15, -0.1) is 0 Å². The lowest BCUT2D eigenvalue weighted by atomic mass is 10.1. The van der Waals surface area contributed by atoms with Crippen molar-refractivity contribution in [3.8, 4) is 0 Å². The fraction of sp³-hybridized carbons (Fsp3) is 0.381. The van der Waals surface area contributed by atoms with Crippen LogP contribution < -0.4 is 5.32 Å². The predicted molar refractivity (Wildman–Crippen MR) is 106 cm³/mol. The van der Waals surface area contributed by atoms with E-state index in [0.29, 0.717) is 25.2 Å². The number of carbonyl (C=O) groups excluding carboxylic acids is 1. The highest BCUT2D eigenvalue weighted by Gasteiger charge is 2.27. The number of carbonyl (C=O) groups is 1. The molecule has 5 nitrogen and oxygen atoms in total. The molecular weight excluding hydrogens is 360 g/mol. The van der Waals surface area contributed by atoms with Gasteiger partial charge in [0.05, 0.1) is 4.90 Å². The predicted octanol–water partition coefficient (Wildman–Crippen LogP) is 3.14. The third kappa shape index (κ3) is 4.96. The van der Waals surface area contributed by atoms with Gasteiger partial charge in [0.25, 0.3) is 5.91 Å². The summed E-state index contributed by atoms with van der Waals surface area (Å²) in [5.74, 6) is -0.177. The SMILES string of the molecule is Cc1ccc(CCCNC(=O)c2ccc(S(=O)(=O)N3CCCC3)cc2)cc1. The Bertz CT molecular complexity index is 869. The number of amides is 1. The average Bonchev–Trinajstić information content (AvgIpc) is 3.22. The standard InChI is InChI=1S/C21H26N2O3S/c1-17-6-8-18(9-7-17)5-4-14-22-21(24)19-10-12-20(13-11-19)27(25,26)23-15-2-3-16-23/h6-13H,2-5,14-16H2,1H3,(H,22,24). The molecule has 1 N–H and O–H groups in total. The minimum atomic E-state index is -3.43. The molecule has 0 spiro atoms. The second-order valence-corrected chi connectivity index (χ2v) is 8.92. The third-order valence-electron chi connectivity index (χ3n) is 4.87. The maximum Gasteiger partial charge on any atom is 0.251 e. The van der Waals surface area contributed by atoms with Crippen LogP contribution in [-0.4, -0.2) is 38.3 Å². The number of benzene rings is 2. The van der Waals surface area contributed by atoms with Crippen LogP contribution in [0.5, 0.6) is 0 Å². The summed E-state index contributed by atoms with van der Waals surface area (Å²) in [7, 11) is -3.43. The Morgan fingerprint density at radius 1 is 1.00 bits per heavy atom. The number of nitrogens with zero attached hydrogens (tertiary/aromatic N) is 1. The molecule has 2 aromatic carbocycles. The van der Waals surface area contributed by atoms with Gasteiger partial charge in [0.15, 0.2) is 0 Å². The fourth-order valence-corrected chi connectivity index (χ4v) is 4.72. The third-order valence-corrected chi connectivity index (χ3v) is 6.78. The molecule has 1 saturated heterocycles.